The molecular weight excluding hydrogens is 266 g/mol. The highest BCUT2D eigenvalue weighted by molar-refractivity contribution is 6.05. The van der Waals surface area contributed by atoms with Crippen molar-refractivity contribution in [1.29, 1.82) is 0 Å². The van der Waals surface area contributed by atoms with E-state index in [4.69, 9.17) is 9.47 Å². The van der Waals surface area contributed by atoms with Gasteiger partial charge in [-0.25, -0.2) is 0 Å². The Kier molecular flexibility index (Phi) is 3.36. The molecule has 0 bridgehead atoms. The zero-order chi connectivity index (χ0) is 14.8. The fourth-order valence-corrected chi connectivity index (χ4v) is 2.18. The summed E-state index contributed by atoms with van der Waals surface area (Å²) in [5, 5.41) is 2.90. The summed E-state index contributed by atoms with van der Waals surface area (Å²) in [6.07, 6.45) is 0. The molecule has 0 radical (unpaired) electrons. The van der Waals surface area contributed by atoms with E-state index >= 15 is 0 Å². The van der Waals surface area contributed by atoms with Crippen LogP contribution in [-0.4, -0.2) is 12.7 Å². The average Bonchev–Trinajstić information content (AvgIpc) is 2.94. The van der Waals surface area contributed by atoms with Crippen molar-refractivity contribution in [3.05, 3.63) is 60.2 Å². The summed E-state index contributed by atoms with van der Waals surface area (Å²) >= 11 is 0. The number of fused-ring (bicyclic) bond motifs is 1. The maximum absolute atomic E-state index is 12.3. The van der Waals surface area contributed by atoms with Crippen LogP contribution in [0.5, 0.6) is 11.5 Å². The van der Waals surface area contributed by atoms with Gasteiger partial charge >= 0.3 is 0 Å². The number of ether oxygens (including phenoxy) is 2. The highest BCUT2D eigenvalue weighted by Gasteiger charge is 2.19. The Morgan fingerprint density at radius 1 is 1.14 bits per heavy atom. The lowest BCUT2D eigenvalue weighted by Gasteiger charge is -2.12. The monoisotopic (exact) mass is 281 g/mol. The molecule has 3 rings (SSSR count). The van der Waals surface area contributed by atoms with Gasteiger partial charge in [-0.1, -0.05) is 24.8 Å². The molecule has 0 unspecified atom stereocenters. The van der Waals surface area contributed by atoms with Gasteiger partial charge in [0.2, 0.25) is 6.79 Å². The molecule has 0 aliphatic carbocycles. The second-order valence-electron chi connectivity index (χ2n) is 4.85. The summed E-state index contributed by atoms with van der Waals surface area (Å²) in [4.78, 5) is 12.3. The number of hydrogen-bond acceptors (Lipinski definition) is 3. The third-order valence-corrected chi connectivity index (χ3v) is 3.26. The minimum absolute atomic E-state index is 0.169. The Hall–Kier alpha value is -2.75. The lowest BCUT2D eigenvalue weighted by Crippen LogP contribution is -2.12. The molecular formula is C17H15NO3. The molecule has 0 spiro atoms. The Bertz CT molecular complexity index is 707. The van der Waals surface area contributed by atoms with Crippen molar-refractivity contribution in [2.45, 2.75) is 6.92 Å². The van der Waals surface area contributed by atoms with E-state index < -0.39 is 0 Å². The lowest BCUT2D eigenvalue weighted by molar-refractivity contribution is 0.102. The fraction of sp³-hybridized carbons (Fsp3) is 0.118. The maximum atomic E-state index is 12.3. The first-order valence-electron chi connectivity index (χ1n) is 6.61. The predicted octanol–water partition coefficient (Wildman–Crippen LogP) is 3.70. The molecule has 2 aromatic carbocycles. The quantitative estimate of drug-likeness (QED) is 0.933. The van der Waals surface area contributed by atoms with Gasteiger partial charge in [-0.15, -0.1) is 0 Å². The standard InChI is InChI=1S/C17H15NO3/c1-11(2)13-8-15-16(21-10-20-15)9-14(13)18-17(19)12-6-4-3-5-7-12/h3-9H,1,10H2,2H3,(H,18,19). The van der Waals surface area contributed by atoms with E-state index in [1.54, 1.807) is 18.2 Å². The van der Waals surface area contributed by atoms with Gasteiger partial charge in [0, 0.05) is 17.2 Å². The Labute approximate surface area is 123 Å². The number of nitrogens with one attached hydrogen (secondary N) is 1. The van der Waals surface area contributed by atoms with Crippen LogP contribution in [0, 0.1) is 0 Å². The Balaban J connectivity index is 1.95. The first-order valence-corrected chi connectivity index (χ1v) is 6.61. The molecule has 1 heterocycles. The smallest absolute Gasteiger partial charge is 0.255 e. The number of benzene rings is 2. The molecule has 0 aromatic heterocycles. The number of rotatable bonds is 3. The molecule has 4 nitrogen and oxygen atoms in total. The largest absolute Gasteiger partial charge is 0.454 e. The van der Waals surface area contributed by atoms with Gasteiger partial charge in [-0.05, 0) is 30.7 Å². The van der Waals surface area contributed by atoms with E-state index in [9.17, 15) is 4.79 Å². The van der Waals surface area contributed by atoms with Crippen LogP contribution >= 0.6 is 0 Å². The normalized spacial score (nSPS) is 12.0. The number of allylic oxidation sites excluding steroid dienone is 1. The number of carbonyl (C=O) groups excluding carboxylic acids is 1. The average molecular weight is 281 g/mol. The van der Waals surface area contributed by atoms with Gasteiger partial charge in [0.25, 0.3) is 5.91 Å². The van der Waals surface area contributed by atoms with Crippen LogP contribution < -0.4 is 14.8 Å². The number of anilines is 1. The summed E-state index contributed by atoms with van der Waals surface area (Å²) in [7, 11) is 0. The second kappa shape index (κ2) is 5.32. The molecule has 0 saturated heterocycles. The van der Waals surface area contributed by atoms with E-state index in [0.29, 0.717) is 22.7 Å². The topological polar surface area (TPSA) is 47.6 Å². The molecule has 1 aliphatic rings. The summed E-state index contributed by atoms with van der Waals surface area (Å²) in [5.74, 6) is 1.13. The molecule has 21 heavy (non-hydrogen) atoms. The van der Waals surface area contributed by atoms with E-state index in [2.05, 4.69) is 11.9 Å². The minimum Gasteiger partial charge on any atom is -0.454 e. The highest BCUT2D eigenvalue weighted by atomic mass is 16.7. The lowest BCUT2D eigenvalue weighted by atomic mass is 10.1. The van der Waals surface area contributed by atoms with Crippen molar-refractivity contribution in [2.24, 2.45) is 0 Å². The molecule has 0 fully saturated rings. The van der Waals surface area contributed by atoms with Gasteiger partial charge in [-0.3, -0.25) is 4.79 Å². The molecule has 0 atom stereocenters. The summed E-state index contributed by atoms with van der Waals surface area (Å²) in [5.41, 5.74) is 2.95. The van der Waals surface area contributed by atoms with E-state index in [1.807, 2.05) is 31.2 Å². The Morgan fingerprint density at radius 3 is 2.48 bits per heavy atom. The molecule has 1 amide bonds. The molecule has 1 N–H and O–H groups in total. The third kappa shape index (κ3) is 2.60. The summed E-state index contributed by atoms with van der Waals surface area (Å²) < 4.78 is 10.7. The predicted molar refractivity (Wildman–Crippen MR) is 81.7 cm³/mol. The van der Waals surface area contributed by atoms with Gasteiger partial charge in [-0.2, -0.15) is 0 Å². The molecule has 106 valence electrons. The summed E-state index contributed by atoms with van der Waals surface area (Å²) in [6, 6.07) is 12.7. The zero-order valence-electron chi connectivity index (χ0n) is 11.7. The first-order chi connectivity index (χ1) is 10.1. The second-order valence-corrected chi connectivity index (χ2v) is 4.85. The Morgan fingerprint density at radius 2 is 1.81 bits per heavy atom. The van der Waals surface area contributed by atoms with Crippen molar-refractivity contribution in [1.82, 2.24) is 0 Å². The van der Waals surface area contributed by atoms with Crippen LogP contribution in [0.4, 0.5) is 5.69 Å². The number of hydrogen-bond donors (Lipinski definition) is 1. The van der Waals surface area contributed by atoms with E-state index in [-0.39, 0.29) is 12.7 Å². The van der Waals surface area contributed by atoms with Gasteiger partial charge in [0.05, 0.1) is 5.69 Å². The van der Waals surface area contributed by atoms with Crippen LogP contribution in [0.2, 0.25) is 0 Å². The van der Waals surface area contributed by atoms with Crippen molar-refractivity contribution >= 4 is 17.2 Å². The van der Waals surface area contributed by atoms with Gasteiger partial charge in [0.15, 0.2) is 11.5 Å². The van der Waals surface area contributed by atoms with Crippen molar-refractivity contribution in [3.8, 4) is 11.5 Å². The number of carbonyl (C=O) groups is 1. The van der Waals surface area contributed by atoms with E-state index in [0.717, 1.165) is 11.1 Å². The maximum Gasteiger partial charge on any atom is 0.255 e. The van der Waals surface area contributed by atoms with Crippen LogP contribution in [0.15, 0.2) is 49.0 Å². The first kappa shape index (κ1) is 13.2. The van der Waals surface area contributed by atoms with Gasteiger partial charge in [0.1, 0.15) is 0 Å². The van der Waals surface area contributed by atoms with Crippen molar-refractivity contribution in [3.63, 3.8) is 0 Å². The van der Waals surface area contributed by atoms with Crippen LogP contribution in [0.3, 0.4) is 0 Å². The fourth-order valence-electron chi connectivity index (χ4n) is 2.18. The molecule has 0 saturated carbocycles. The van der Waals surface area contributed by atoms with Crippen LogP contribution in [-0.2, 0) is 0 Å². The minimum atomic E-state index is -0.169. The van der Waals surface area contributed by atoms with Crippen molar-refractivity contribution in [2.75, 3.05) is 12.1 Å². The highest BCUT2D eigenvalue weighted by Crippen LogP contribution is 2.39. The molecule has 4 heteroatoms. The molecule has 2 aromatic rings. The van der Waals surface area contributed by atoms with Crippen LogP contribution in [0.1, 0.15) is 22.8 Å². The SMILES string of the molecule is C=C(C)c1cc2c(cc1NC(=O)c1ccccc1)OCO2. The zero-order valence-corrected chi connectivity index (χ0v) is 11.7. The molecule has 1 aliphatic heterocycles. The van der Waals surface area contributed by atoms with Gasteiger partial charge < -0.3 is 14.8 Å². The number of amides is 1. The van der Waals surface area contributed by atoms with Crippen molar-refractivity contribution < 1.29 is 14.3 Å². The van der Waals surface area contributed by atoms with E-state index in [1.165, 1.54) is 0 Å². The third-order valence-electron chi connectivity index (χ3n) is 3.26. The summed E-state index contributed by atoms with van der Waals surface area (Å²) in [6.45, 7) is 6.02. The van der Waals surface area contributed by atoms with Crippen LogP contribution in [0.25, 0.3) is 5.57 Å².